The molecule has 210 valence electrons. The van der Waals surface area contributed by atoms with Gasteiger partial charge in [0.05, 0.1) is 41.5 Å². The number of benzene rings is 2. The minimum Gasteiger partial charge on any atom is -0.484 e. The number of hydrogen-bond acceptors (Lipinski definition) is 8. The molecule has 0 aliphatic rings. The Bertz CT molecular complexity index is 1730. The number of hydrogen-bond donors (Lipinski definition) is 1. The lowest BCUT2D eigenvalue weighted by Gasteiger charge is -2.15. The molecule has 5 rings (SSSR count). The first-order valence-corrected chi connectivity index (χ1v) is 13.6. The molecule has 0 fully saturated rings. The van der Waals surface area contributed by atoms with Crippen molar-refractivity contribution in [3.63, 3.8) is 0 Å². The molecule has 5 aromatic rings. The van der Waals surface area contributed by atoms with Gasteiger partial charge in [-0.05, 0) is 48.4 Å². The van der Waals surface area contributed by atoms with Crippen LogP contribution in [0.4, 0.5) is 5.95 Å². The van der Waals surface area contributed by atoms with Crippen LogP contribution in [0.5, 0.6) is 5.75 Å². The second kappa shape index (κ2) is 12.8. The molecule has 0 aliphatic carbocycles. The second-order valence-electron chi connectivity index (χ2n) is 10.2. The number of pyridine rings is 1. The Hall–Kier alpha value is -5.43. The summed E-state index contributed by atoms with van der Waals surface area (Å²) in [6.45, 7) is 6.76. The molecule has 10 heteroatoms. The third kappa shape index (κ3) is 7.01. The first-order valence-electron chi connectivity index (χ1n) is 13.6. The molecular weight excluding hydrogens is 528 g/mol. The number of nitriles is 1. The van der Waals surface area contributed by atoms with Gasteiger partial charge in [-0.3, -0.25) is 15.1 Å². The zero-order valence-corrected chi connectivity index (χ0v) is 23.6. The van der Waals surface area contributed by atoms with Crippen molar-refractivity contribution in [1.29, 1.82) is 5.26 Å². The summed E-state index contributed by atoms with van der Waals surface area (Å²) >= 11 is 0. The summed E-state index contributed by atoms with van der Waals surface area (Å²) in [6, 6.07) is 26.0. The summed E-state index contributed by atoms with van der Waals surface area (Å²) in [5.74, 6) is 1.05. The predicted octanol–water partition coefficient (Wildman–Crippen LogP) is 5.49. The Labute approximate surface area is 244 Å². The SMILES string of the molecule is CC(C)C(C)c1cccc(Cn2cc(-c3cc(-c4cccc(C#N)c4)nc(NC(=O)COc4ccccc4)n3)nn2)n1. The normalized spacial score (nSPS) is 11.6. The van der Waals surface area contributed by atoms with Crippen LogP contribution in [-0.4, -0.2) is 42.5 Å². The molecule has 3 heterocycles. The van der Waals surface area contributed by atoms with E-state index < -0.39 is 5.91 Å². The number of ether oxygens (including phenoxy) is 1. The van der Waals surface area contributed by atoms with Crippen molar-refractivity contribution in [2.24, 2.45) is 5.92 Å². The maximum Gasteiger partial charge on any atom is 0.264 e. The number of anilines is 1. The van der Waals surface area contributed by atoms with Crippen molar-refractivity contribution in [2.45, 2.75) is 33.2 Å². The van der Waals surface area contributed by atoms with E-state index in [4.69, 9.17) is 9.72 Å². The van der Waals surface area contributed by atoms with Crippen LogP contribution >= 0.6 is 0 Å². The number of rotatable bonds is 10. The Kier molecular flexibility index (Phi) is 8.58. The smallest absolute Gasteiger partial charge is 0.264 e. The standard InChI is InChI=1S/C32H30N8O2/c1-21(2)22(3)27-14-8-11-25(34-27)18-40-19-30(38-39-40)29-16-28(24-10-7-9-23(15-24)17-33)35-32(36-29)37-31(41)20-42-26-12-5-4-6-13-26/h4-16,19,21-22H,18,20H2,1-3H3,(H,35,36,37,41). The molecule has 10 nitrogen and oxygen atoms in total. The van der Waals surface area contributed by atoms with E-state index in [0.29, 0.717) is 52.3 Å². The first kappa shape index (κ1) is 28.1. The minimum absolute atomic E-state index is 0.0816. The predicted molar refractivity (Wildman–Crippen MR) is 158 cm³/mol. The van der Waals surface area contributed by atoms with E-state index in [0.717, 1.165) is 11.4 Å². The van der Waals surface area contributed by atoms with Gasteiger partial charge in [0.1, 0.15) is 11.4 Å². The second-order valence-corrected chi connectivity index (χ2v) is 10.2. The highest BCUT2D eigenvalue weighted by atomic mass is 16.5. The van der Waals surface area contributed by atoms with Crippen LogP contribution < -0.4 is 10.1 Å². The molecule has 0 saturated heterocycles. The van der Waals surface area contributed by atoms with Crippen molar-refractivity contribution in [2.75, 3.05) is 11.9 Å². The summed E-state index contributed by atoms with van der Waals surface area (Å²) in [5.41, 5.74) is 4.58. The number of carbonyl (C=O) groups is 1. The van der Waals surface area contributed by atoms with Gasteiger partial charge in [0.15, 0.2) is 6.61 Å². The van der Waals surface area contributed by atoms with Crippen LogP contribution in [0.2, 0.25) is 0 Å². The number of para-hydroxylation sites is 1. The van der Waals surface area contributed by atoms with Gasteiger partial charge in [-0.1, -0.05) is 62.4 Å². The highest BCUT2D eigenvalue weighted by Crippen LogP contribution is 2.26. The molecule has 0 aliphatic heterocycles. The van der Waals surface area contributed by atoms with Gasteiger partial charge in [0.2, 0.25) is 5.95 Å². The maximum absolute atomic E-state index is 12.7. The molecule has 42 heavy (non-hydrogen) atoms. The summed E-state index contributed by atoms with van der Waals surface area (Å²) in [7, 11) is 0. The van der Waals surface area contributed by atoms with E-state index in [1.54, 1.807) is 47.3 Å². The minimum atomic E-state index is -0.419. The van der Waals surface area contributed by atoms with Gasteiger partial charge in [0, 0.05) is 17.2 Å². The zero-order chi connectivity index (χ0) is 29.5. The summed E-state index contributed by atoms with van der Waals surface area (Å²) < 4.78 is 7.26. The molecule has 1 atom stereocenters. The Morgan fingerprint density at radius 1 is 0.929 bits per heavy atom. The van der Waals surface area contributed by atoms with E-state index in [-0.39, 0.29) is 12.6 Å². The van der Waals surface area contributed by atoms with E-state index in [1.807, 2.05) is 42.5 Å². The van der Waals surface area contributed by atoms with Crippen LogP contribution in [0, 0.1) is 17.2 Å². The van der Waals surface area contributed by atoms with Gasteiger partial charge in [0.25, 0.3) is 5.91 Å². The molecule has 1 unspecified atom stereocenters. The number of aromatic nitrogens is 6. The third-order valence-electron chi connectivity index (χ3n) is 6.80. The summed E-state index contributed by atoms with van der Waals surface area (Å²) in [5, 5.41) is 20.7. The van der Waals surface area contributed by atoms with E-state index in [9.17, 15) is 10.1 Å². The average Bonchev–Trinajstić information content (AvgIpc) is 3.48. The van der Waals surface area contributed by atoms with E-state index in [1.165, 1.54) is 0 Å². The van der Waals surface area contributed by atoms with Gasteiger partial charge >= 0.3 is 0 Å². The monoisotopic (exact) mass is 558 g/mol. The Balaban J connectivity index is 1.41. The van der Waals surface area contributed by atoms with Crippen LogP contribution in [0.15, 0.2) is 85.1 Å². The quantitative estimate of drug-likeness (QED) is 0.238. The maximum atomic E-state index is 12.7. The van der Waals surface area contributed by atoms with Crippen LogP contribution in [0.1, 0.15) is 43.6 Å². The Morgan fingerprint density at radius 2 is 1.71 bits per heavy atom. The summed E-state index contributed by atoms with van der Waals surface area (Å²) in [6.07, 6.45) is 1.78. The average molecular weight is 559 g/mol. The largest absolute Gasteiger partial charge is 0.484 e. The molecule has 0 radical (unpaired) electrons. The van der Waals surface area contributed by atoms with Crippen LogP contribution in [-0.2, 0) is 11.3 Å². The molecule has 0 bridgehead atoms. The van der Waals surface area contributed by atoms with Crippen LogP contribution in [0.25, 0.3) is 22.6 Å². The lowest BCUT2D eigenvalue weighted by molar-refractivity contribution is -0.118. The highest BCUT2D eigenvalue weighted by molar-refractivity contribution is 5.90. The fourth-order valence-corrected chi connectivity index (χ4v) is 4.20. The van der Waals surface area contributed by atoms with Gasteiger partial charge < -0.3 is 4.74 Å². The van der Waals surface area contributed by atoms with Crippen LogP contribution in [0.3, 0.4) is 0 Å². The van der Waals surface area contributed by atoms with Gasteiger partial charge in [-0.25, -0.2) is 14.6 Å². The number of nitrogens with one attached hydrogen (secondary N) is 1. The first-order chi connectivity index (χ1) is 20.4. The zero-order valence-electron chi connectivity index (χ0n) is 23.6. The molecule has 1 N–H and O–H groups in total. The summed E-state index contributed by atoms with van der Waals surface area (Å²) in [4.78, 5) is 26.6. The van der Waals surface area contributed by atoms with Gasteiger partial charge in [-0.2, -0.15) is 5.26 Å². The van der Waals surface area contributed by atoms with E-state index in [2.05, 4.69) is 52.4 Å². The lowest BCUT2D eigenvalue weighted by atomic mass is 9.94. The third-order valence-corrected chi connectivity index (χ3v) is 6.80. The van der Waals surface area contributed by atoms with Crippen molar-refractivity contribution < 1.29 is 9.53 Å². The Morgan fingerprint density at radius 3 is 2.50 bits per heavy atom. The van der Waals surface area contributed by atoms with E-state index >= 15 is 0 Å². The van der Waals surface area contributed by atoms with Gasteiger partial charge in [-0.15, -0.1) is 5.10 Å². The number of nitrogens with zero attached hydrogens (tertiary/aromatic N) is 7. The fourth-order valence-electron chi connectivity index (χ4n) is 4.20. The number of amides is 1. The molecule has 2 aromatic carbocycles. The van der Waals surface area contributed by atoms with Crippen molar-refractivity contribution in [1.82, 2.24) is 29.9 Å². The molecule has 3 aromatic heterocycles. The molecule has 0 spiro atoms. The van der Waals surface area contributed by atoms with Crippen molar-refractivity contribution >= 4 is 11.9 Å². The highest BCUT2D eigenvalue weighted by Gasteiger charge is 2.16. The van der Waals surface area contributed by atoms with Crippen molar-refractivity contribution in [3.8, 4) is 34.5 Å². The number of carbonyl (C=O) groups excluding carboxylic acids is 1. The topological polar surface area (TPSA) is 132 Å². The molecule has 1 amide bonds. The molecular formula is C32H30N8O2. The van der Waals surface area contributed by atoms with Crippen molar-refractivity contribution in [3.05, 3.63) is 102 Å². The molecule has 0 saturated carbocycles. The fraction of sp³-hybridized carbons (Fsp3) is 0.219. The lowest BCUT2D eigenvalue weighted by Crippen LogP contribution is -2.21.